The van der Waals surface area contributed by atoms with Crippen LogP contribution in [0.4, 0.5) is 0 Å². The molecule has 0 aliphatic carbocycles. The molecule has 0 radical (unpaired) electrons. The fourth-order valence-corrected chi connectivity index (χ4v) is 3.11. The third kappa shape index (κ3) is 4.64. The van der Waals surface area contributed by atoms with Gasteiger partial charge in [-0.15, -0.1) is 0 Å². The Kier molecular flexibility index (Phi) is 8.25. The number of halogens is 2. The molecule has 0 saturated carbocycles. The summed E-state index contributed by atoms with van der Waals surface area (Å²) in [6.07, 6.45) is 0. The van der Waals surface area contributed by atoms with Gasteiger partial charge in [0.2, 0.25) is 0 Å². The topological polar surface area (TPSA) is 29.5 Å². The zero-order valence-electron chi connectivity index (χ0n) is 14.0. The minimum Gasteiger partial charge on any atom is -0.379 e. The van der Waals surface area contributed by atoms with Crippen LogP contribution < -0.4 is 0 Å². The molecule has 0 unspecified atom stereocenters. The standard InChI is InChI=1S/C17H25NO2.I2/c1-12-10-13(2)15(14(3)11-12)16(19)17(4,5)18-6-8-20-9-7-18;1-2/h10-11H,6-9H2,1-5H3;. The summed E-state index contributed by atoms with van der Waals surface area (Å²) in [7, 11) is 0. The van der Waals surface area contributed by atoms with Crippen molar-refractivity contribution >= 4 is 43.0 Å². The van der Waals surface area contributed by atoms with E-state index in [2.05, 4.69) is 61.2 Å². The molecule has 22 heavy (non-hydrogen) atoms. The summed E-state index contributed by atoms with van der Waals surface area (Å²) in [5.74, 6) is 0.217. The maximum Gasteiger partial charge on any atom is 0.183 e. The first-order valence-electron chi connectivity index (χ1n) is 7.44. The molecule has 1 saturated heterocycles. The Labute approximate surface area is 157 Å². The number of morpholine rings is 1. The average Bonchev–Trinajstić information content (AvgIpc) is 2.49. The maximum atomic E-state index is 13.0. The summed E-state index contributed by atoms with van der Waals surface area (Å²) in [6.45, 7) is 13.3. The number of benzene rings is 1. The molecule has 124 valence electrons. The van der Waals surface area contributed by atoms with E-state index >= 15 is 0 Å². The molecule has 2 rings (SSSR count). The van der Waals surface area contributed by atoms with Gasteiger partial charge in [-0.05, 0) is 45.7 Å². The van der Waals surface area contributed by atoms with Gasteiger partial charge in [0.15, 0.2) is 5.78 Å². The number of hydrogen-bond donors (Lipinski definition) is 0. The van der Waals surface area contributed by atoms with Gasteiger partial charge in [0.05, 0.1) is 18.8 Å². The Morgan fingerprint density at radius 1 is 1.09 bits per heavy atom. The molecule has 1 heterocycles. The first-order chi connectivity index (χ1) is 10.3. The van der Waals surface area contributed by atoms with Gasteiger partial charge in [-0.2, -0.15) is 0 Å². The van der Waals surface area contributed by atoms with Crippen molar-refractivity contribution in [2.75, 3.05) is 26.3 Å². The van der Waals surface area contributed by atoms with Crippen molar-refractivity contribution < 1.29 is 9.53 Å². The van der Waals surface area contributed by atoms with Gasteiger partial charge in [-0.3, -0.25) is 9.69 Å². The van der Waals surface area contributed by atoms with Crippen LogP contribution in [0.15, 0.2) is 12.1 Å². The lowest BCUT2D eigenvalue weighted by Gasteiger charge is -2.40. The fraction of sp³-hybridized carbons (Fsp3) is 0.588. The molecular weight excluding hydrogens is 504 g/mol. The number of ether oxygens (including phenoxy) is 1. The second-order valence-electron chi connectivity index (χ2n) is 6.26. The summed E-state index contributed by atoms with van der Waals surface area (Å²) >= 11 is 4.24. The lowest BCUT2D eigenvalue weighted by atomic mass is 9.85. The molecule has 0 aromatic heterocycles. The molecule has 0 bridgehead atoms. The van der Waals surface area contributed by atoms with E-state index in [4.69, 9.17) is 4.74 Å². The van der Waals surface area contributed by atoms with Gasteiger partial charge in [-0.1, -0.05) is 17.7 Å². The quantitative estimate of drug-likeness (QED) is 0.421. The number of carbonyl (C=O) groups is 1. The van der Waals surface area contributed by atoms with Crippen molar-refractivity contribution in [1.82, 2.24) is 4.90 Å². The van der Waals surface area contributed by atoms with E-state index in [0.717, 1.165) is 29.8 Å². The maximum absolute atomic E-state index is 13.0. The number of carbonyl (C=O) groups excluding carboxylic acids is 1. The summed E-state index contributed by atoms with van der Waals surface area (Å²) < 4.78 is 5.39. The highest BCUT2D eigenvalue weighted by atomic mass is 128. The van der Waals surface area contributed by atoms with Crippen LogP contribution in [0.3, 0.4) is 0 Å². The molecule has 5 heteroatoms. The van der Waals surface area contributed by atoms with E-state index in [1.54, 1.807) is 0 Å². The summed E-state index contributed by atoms with van der Waals surface area (Å²) in [6, 6.07) is 4.19. The molecular formula is C17H25I2NO2. The van der Waals surface area contributed by atoms with Crippen LogP contribution in [-0.4, -0.2) is 42.5 Å². The molecule has 0 spiro atoms. The summed E-state index contributed by atoms with van der Waals surface area (Å²) in [4.78, 5) is 15.3. The third-order valence-electron chi connectivity index (χ3n) is 4.26. The van der Waals surface area contributed by atoms with Crippen LogP contribution in [0.2, 0.25) is 0 Å². The Bertz CT molecular complexity index is 500. The Morgan fingerprint density at radius 3 is 2.00 bits per heavy atom. The highest BCUT2D eigenvalue weighted by Crippen LogP contribution is 2.26. The predicted octanol–water partition coefficient (Wildman–Crippen LogP) is 4.68. The first kappa shape index (κ1) is 20.3. The average molecular weight is 529 g/mol. The number of Topliss-reactive ketones (excluding diaryl/α,β-unsaturated/α-hetero) is 1. The van der Waals surface area contributed by atoms with Crippen molar-refractivity contribution in [2.24, 2.45) is 0 Å². The smallest absolute Gasteiger partial charge is 0.183 e. The normalized spacial score (nSPS) is 16.0. The zero-order chi connectivity index (χ0) is 16.9. The molecule has 0 atom stereocenters. The van der Waals surface area contributed by atoms with Crippen molar-refractivity contribution in [3.63, 3.8) is 0 Å². The van der Waals surface area contributed by atoms with Crippen LogP contribution in [0.5, 0.6) is 0 Å². The highest BCUT2D eigenvalue weighted by Gasteiger charge is 2.37. The van der Waals surface area contributed by atoms with Gasteiger partial charge in [-0.25, -0.2) is 0 Å². The Hall–Kier alpha value is 0.270. The van der Waals surface area contributed by atoms with Crippen molar-refractivity contribution in [3.8, 4) is 0 Å². The molecule has 3 nitrogen and oxygen atoms in total. The minimum absolute atomic E-state index is 0.217. The number of rotatable bonds is 3. The van der Waals surface area contributed by atoms with Crippen molar-refractivity contribution in [1.29, 1.82) is 0 Å². The molecule has 1 aliphatic rings. The minimum atomic E-state index is -0.478. The zero-order valence-corrected chi connectivity index (χ0v) is 18.3. The Morgan fingerprint density at radius 2 is 1.55 bits per heavy atom. The second kappa shape index (κ2) is 8.94. The van der Waals surface area contributed by atoms with E-state index in [-0.39, 0.29) is 5.78 Å². The van der Waals surface area contributed by atoms with Crippen molar-refractivity contribution in [2.45, 2.75) is 40.2 Å². The van der Waals surface area contributed by atoms with Gasteiger partial charge < -0.3 is 4.74 Å². The number of nitrogens with zero attached hydrogens (tertiary/aromatic N) is 1. The fourth-order valence-electron chi connectivity index (χ4n) is 3.11. The second-order valence-corrected chi connectivity index (χ2v) is 6.26. The SMILES string of the molecule is Cc1cc(C)c(C(=O)C(C)(C)N2CCOCC2)c(C)c1.II. The van der Waals surface area contributed by atoms with Crippen LogP contribution in [0.25, 0.3) is 0 Å². The van der Waals surface area contributed by atoms with Crippen LogP contribution in [-0.2, 0) is 4.74 Å². The van der Waals surface area contributed by atoms with E-state index in [0.29, 0.717) is 13.2 Å². The van der Waals surface area contributed by atoms with E-state index in [9.17, 15) is 4.79 Å². The number of aryl methyl sites for hydroxylation is 3. The molecule has 1 aromatic carbocycles. The summed E-state index contributed by atoms with van der Waals surface area (Å²) in [5, 5.41) is 0. The lowest BCUT2D eigenvalue weighted by molar-refractivity contribution is -0.00434. The predicted molar refractivity (Wildman–Crippen MR) is 109 cm³/mol. The van der Waals surface area contributed by atoms with Gasteiger partial charge in [0, 0.05) is 55.9 Å². The monoisotopic (exact) mass is 529 g/mol. The van der Waals surface area contributed by atoms with Gasteiger partial charge in [0.1, 0.15) is 0 Å². The van der Waals surface area contributed by atoms with Gasteiger partial charge >= 0.3 is 0 Å². The number of ketones is 1. The Balaban J connectivity index is 0.00000116. The number of hydrogen-bond acceptors (Lipinski definition) is 3. The lowest BCUT2D eigenvalue weighted by Crippen LogP contribution is -2.54. The molecule has 1 fully saturated rings. The van der Waals surface area contributed by atoms with Crippen LogP contribution >= 0.6 is 37.2 Å². The molecule has 1 aliphatic heterocycles. The van der Waals surface area contributed by atoms with Crippen LogP contribution in [0, 0.1) is 20.8 Å². The third-order valence-corrected chi connectivity index (χ3v) is 4.26. The van der Waals surface area contributed by atoms with E-state index < -0.39 is 5.54 Å². The molecule has 0 N–H and O–H groups in total. The van der Waals surface area contributed by atoms with Crippen molar-refractivity contribution in [3.05, 3.63) is 34.4 Å². The van der Waals surface area contributed by atoms with E-state index in [1.165, 1.54) is 5.56 Å². The van der Waals surface area contributed by atoms with Gasteiger partial charge in [0.25, 0.3) is 0 Å². The highest BCUT2D eigenvalue weighted by molar-refractivity contribution is 15.0. The summed E-state index contributed by atoms with van der Waals surface area (Å²) in [5.41, 5.74) is 3.77. The van der Waals surface area contributed by atoms with E-state index in [1.807, 2.05) is 27.7 Å². The largest absolute Gasteiger partial charge is 0.379 e. The first-order valence-corrected chi connectivity index (χ1v) is 13.7. The molecule has 0 amide bonds. The van der Waals surface area contributed by atoms with Crippen LogP contribution in [0.1, 0.15) is 40.9 Å². The molecule has 1 aromatic rings.